The minimum absolute atomic E-state index is 0.153. The van der Waals surface area contributed by atoms with Crippen LogP contribution < -0.4 is 5.32 Å². The van der Waals surface area contributed by atoms with Crippen LogP contribution in [-0.4, -0.2) is 23.2 Å². The molecular weight excluding hydrogens is 353 g/mol. The number of fused-ring (bicyclic) bond motifs is 2. The zero-order valence-electron chi connectivity index (χ0n) is 10.9. The summed E-state index contributed by atoms with van der Waals surface area (Å²) in [6.07, 6.45) is 3.07. The van der Waals surface area contributed by atoms with E-state index in [2.05, 4.69) is 53.0 Å². The Balaban J connectivity index is 1.96. The highest BCUT2D eigenvalue weighted by Crippen LogP contribution is 2.42. The molecule has 2 fully saturated rings. The fourth-order valence-electron chi connectivity index (χ4n) is 3.58. The average molecular weight is 371 g/mol. The monoisotopic (exact) mass is 371 g/mol. The van der Waals surface area contributed by atoms with Crippen molar-refractivity contribution in [2.45, 2.75) is 44.2 Å². The molecule has 0 amide bonds. The van der Waals surface area contributed by atoms with Gasteiger partial charge in [-0.1, -0.05) is 12.1 Å². The van der Waals surface area contributed by atoms with E-state index in [1.54, 1.807) is 0 Å². The minimum atomic E-state index is -0.654. The Hall–Kier alpha value is -0.620. The van der Waals surface area contributed by atoms with Gasteiger partial charge in [0.25, 0.3) is 0 Å². The summed E-state index contributed by atoms with van der Waals surface area (Å²) in [5, 5.41) is 13.0. The molecule has 0 spiro atoms. The first kappa shape index (κ1) is 13.4. The molecule has 2 heterocycles. The Morgan fingerprint density at radius 1 is 1.42 bits per heavy atom. The van der Waals surface area contributed by atoms with E-state index in [4.69, 9.17) is 0 Å². The van der Waals surface area contributed by atoms with Gasteiger partial charge in [0.1, 0.15) is 0 Å². The molecule has 2 aliphatic heterocycles. The van der Waals surface area contributed by atoms with Crippen molar-refractivity contribution in [3.05, 3.63) is 32.9 Å². The summed E-state index contributed by atoms with van der Waals surface area (Å²) in [6, 6.07) is 7.05. The number of hydrogen-bond donors (Lipinski definition) is 2. The predicted octanol–water partition coefficient (Wildman–Crippen LogP) is 2.91. The minimum Gasteiger partial charge on any atom is -0.481 e. The van der Waals surface area contributed by atoms with E-state index < -0.39 is 5.97 Å². The van der Waals surface area contributed by atoms with Crippen molar-refractivity contribution in [2.75, 3.05) is 0 Å². The van der Waals surface area contributed by atoms with Gasteiger partial charge in [-0.15, -0.1) is 0 Å². The van der Waals surface area contributed by atoms with Crippen molar-refractivity contribution in [3.8, 4) is 0 Å². The summed E-state index contributed by atoms with van der Waals surface area (Å²) in [6.45, 7) is 2.09. The number of carboxylic acid groups (broad SMARTS) is 1. The van der Waals surface area contributed by atoms with Crippen LogP contribution in [0.15, 0.2) is 18.2 Å². The van der Waals surface area contributed by atoms with Crippen LogP contribution in [0.25, 0.3) is 0 Å². The molecule has 19 heavy (non-hydrogen) atoms. The normalized spacial score (nSPS) is 33.4. The van der Waals surface area contributed by atoms with Gasteiger partial charge >= 0.3 is 5.97 Å². The molecule has 0 saturated carbocycles. The van der Waals surface area contributed by atoms with Gasteiger partial charge in [-0.2, -0.15) is 0 Å². The number of nitrogens with one attached hydrogen (secondary N) is 1. The average Bonchev–Trinajstić information content (AvgIpc) is 2.73. The Morgan fingerprint density at radius 2 is 2.21 bits per heavy atom. The van der Waals surface area contributed by atoms with Crippen molar-refractivity contribution < 1.29 is 9.90 Å². The first-order valence-corrected chi connectivity index (χ1v) is 7.89. The van der Waals surface area contributed by atoms with E-state index in [0.29, 0.717) is 6.04 Å². The zero-order chi connectivity index (χ0) is 13.6. The standard InChI is InChI=1S/C15H18INO2/c1-8-2-3-9(6-12(8)16)11-7-10-4-5-13(17-10)14(11)15(18)19/h2-3,6,10-11,13-14,17H,4-5,7H2,1H3,(H,18,19)/t10-,11+,13+,14-/m0/s1. The lowest BCUT2D eigenvalue weighted by Crippen LogP contribution is -2.47. The quantitative estimate of drug-likeness (QED) is 0.787. The highest BCUT2D eigenvalue weighted by molar-refractivity contribution is 14.1. The topological polar surface area (TPSA) is 49.3 Å². The lowest BCUT2D eigenvalue weighted by atomic mass is 9.77. The summed E-state index contributed by atoms with van der Waals surface area (Å²) >= 11 is 2.33. The number of carboxylic acids is 1. The lowest BCUT2D eigenvalue weighted by Gasteiger charge is -2.35. The van der Waals surface area contributed by atoms with Gasteiger partial charge in [0.15, 0.2) is 0 Å². The number of carbonyl (C=O) groups is 1. The molecule has 0 radical (unpaired) electrons. The molecule has 2 bridgehead atoms. The maximum atomic E-state index is 11.6. The van der Waals surface area contributed by atoms with Crippen LogP contribution in [-0.2, 0) is 4.79 Å². The fraction of sp³-hybridized carbons (Fsp3) is 0.533. The maximum Gasteiger partial charge on any atom is 0.308 e. The van der Waals surface area contributed by atoms with Crippen molar-refractivity contribution in [1.29, 1.82) is 0 Å². The number of piperidine rings is 1. The lowest BCUT2D eigenvalue weighted by molar-refractivity contribution is -0.144. The third kappa shape index (κ3) is 2.40. The number of halogens is 1. The predicted molar refractivity (Wildman–Crippen MR) is 82.3 cm³/mol. The molecule has 2 aliphatic rings. The third-order valence-corrected chi connectivity index (χ3v) is 5.75. The van der Waals surface area contributed by atoms with E-state index in [9.17, 15) is 9.90 Å². The third-order valence-electron chi connectivity index (χ3n) is 4.59. The molecule has 0 aromatic heterocycles. The summed E-state index contributed by atoms with van der Waals surface area (Å²) in [5.41, 5.74) is 2.45. The van der Waals surface area contributed by atoms with Crippen LogP contribution in [0.2, 0.25) is 0 Å². The summed E-state index contributed by atoms with van der Waals surface area (Å²) in [7, 11) is 0. The largest absolute Gasteiger partial charge is 0.481 e. The van der Waals surface area contributed by atoms with E-state index in [1.165, 1.54) is 14.7 Å². The molecule has 102 valence electrons. The van der Waals surface area contributed by atoms with E-state index in [1.807, 2.05) is 0 Å². The van der Waals surface area contributed by atoms with Crippen LogP contribution in [0.3, 0.4) is 0 Å². The van der Waals surface area contributed by atoms with Crippen molar-refractivity contribution in [3.63, 3.8) is 0 Å². The molecule has 4 heteroatoms. The number of aliphatic carboxylic acids is 1. The van der Waals surface area contributed by atoms with Gasteiger partial charge in [0.2, 0.25) is 0 Å². The number of benzene rings is 1. The molecule has 0 aliphatic carbocycles. The molecule has 0 unspecified atom stereocenters. The SMILES string of the molecule is Cc1ccc([C@H]2C[C@@H]3CC[C@@H](N3)[C@H]2C(=O)O)cc1I. The molecule has 3 nitrogen and oxygen atoms in total. The summed E-state index contributed by atoms with van der Waals surface area (Å²) < 4.78 is 1.23. The van der Waals surface area contributed by atoms with Gasteiger partial charge in [0.05, 0.1) is 5.92 Å². The Kier molecular flexibility index (Phi) is 3.55. The molecule has 1 aromatic rings. The molecular formula is C15H18INO2. The second-order valence-corrected chi connectivity index (χ2v) is 6.92. The van der Waals surface area contributed by atoms with Crippen LogP contribution in [0.1, 0.15) is 36.3 Å². The van der Waals surface area contributed by atoms with Crippen molar-refractivity contribution in [2.24, 2.45) is 5.92 Å². The number of aryl methyl sites for hydroxylation is 1. The first-order chi connectivity index (χ1) is 9.06. The highest BCUT2D eigenvalue weighted by atomic mass is 127. The van der Waals surface area contributed by atoms with Crippen molar-refractivity contribution >= 4 is 28.6 Å². The van der Waals surface area contributed by atoms with E-state index in [0.717, 1.165) is 19.3 Å². The van der Waals surface area contributed by atoms with Gasteiger partial charge in [-0.3, -0.25) is 4.79 Å². The zero-order valence-corrected chi connectivity index (χ0v) is 13.1. The fourth-order valence-corrected chi connectivity index (χ4v) is 4.12. The smallest absolute Gasteiger partial charge is 0.308 e. The van der Waals surface area contributed by atoms with E-state index in [-0.39, 0.29) is 17.9 Å². The number of rotatable bonds is 2. The van der Waals surface area contributed by atoms with Crippen LogP contribution in [0.4, 0.5) is 0 Å². The second-order valence-electron chi connectivity index (χ2n) is 5.76. The van der Waals surface area contributed by atoms with E-state index >= 15 is 0 Å². The molecule has 2 saturated heterocycles. The summed E-state index contributed by atoms with van der Waals surface area (Å²) in [4.78, 5) is 11.6. The highest BCUT2D eigenvalue weighted by Gasteiger charge is 2.45. The Labute approximate surface area is 126 Å². The Bertz CT molecular complexity index is 517. The first-order valence-electron chi connectivity index (χ1n) is 6.81. The van der Waals surface area contributed by atoms with Gasteiger partial charge in [0, 0.05) is 21.6 Å². The van der Waals surface area contributed by atoms with Gasteiger partial charge in [-0.25, -0.2) is 0 Å². The molecule has 4 atom stereocenters. The van der Waals surface area contributed by atoms with Crippen molar-refractivity contribution in [1.82, 2.24) is 5.32 Å². The number of hydrogen-bond acceptors (Lipinski definition) is 2. The van der Waals surface area contributed by atoms with Gasteiger partial charge in [-0.05, 0) is 66.0 Å². The Morgan fingerprint density at radius 3 is 2.89 bits per heavy atom. The van der Waals surface area contributed by atoms with Crippen LogP contribution >= 0.6 is 22.6 Å². The molecule has 3 rings (SSSR count). The van der Waals surface area contributed by atoms with Crippen LogP contribution in [0, 0.1) is 16.4 Å². The second kappa shape index (κ2) is 5.05. The summed E-state index contributed by atoms with van der Waals surface area (Å²) in [5.74, 6) is -0.777. The van der Waals surface area contributed by atoms with Crippen LogP contribution in [0.5, 0.6) is 0 Å². The van der Waals surface area contributed by atoms with Gasteiger partial charge < -0.3 is 10.4 Å². The molecule has 1 aromatic carbocycles. The maximum absolute atomic E-state index is 11.6. The molecule has 2 N–H and O–H groups in total.